The average Bonchev–Trinajstić information content (AvgIpc) is 2.88. The van der Waals surface area contributed by atoms with Crippen LogP contribution in [0.2, 0.25) is 0 Å². The molecular formula is C12H19N5. The number of aryl methyl sites for hydroxylation is 1. The first-order chi connectivity index (χ1) is 8.17. The lowest BCUT2D eigenvalue weighted by Crippen LogP contribution is -2.17. The van der Waals surface area contributed by atoms with E-state index in [1.165, 1.54) is 11.1 Å². The quantitative estimate of drug-likeness (QED) is 0.839. The fraction of sp³-hybridized carbons (Fsp3) is 0.500. The van der Waals surface area contributed by atoms with Gasteiger partial charge in [-0.05, 0) is 25.8 Å². The van der Waals surface area contributed by atoms with E-state index in [-0.39, 0.29) is 6.04 Å². The predicted molar refractivity (Wildman–Crippen MR) is 66.6 cm³/mol. The standard InChI is InChI=1S/C12H19N5/c1-3-16-8-12(6-14-16)9-17-7-11(5-15-17)4-10(2)13/h5-8,10H,3-4,9,13H2,1-2H3. The molecule has 0 bridgehead atoms. The Balaban J connectivity index is 2.01. The van der Waals surface area contributed by atoms with E-state index in [0.29, 0.717) is 0 Å². The number of hydrogen-bond donors (Lipinski definition) is 1. The largest absolute Gasteiger partial charge is 0.328 e. The molecule has 2 rings (SSSR count). The van der Waals surface area contributed by atoms with Crippen LogP contribution in [0.25, 0.3) is 0 Å². The number of hydrogen-bond acceptors (Lipinski definition) is 3. The van der Waals surface area contributed by atoms with Gasteiger partial charge in [0.15, 0.2) is 0 Å². The second kappa shape index (κ2) is 5.14. The van der Waals surface area contributed by atoms with Crippen molar-refractivity contribution in [2.45, 2.75) is 39.4 Å². The maximum atomic E-state index is 5.76. The highest BCUT2D eigenvalue weighted by Crippen LogP contribution is 2.05. The topological polar surface area (TPSA) is 61.7 Å². The van der Waals surface area contributed by atoms with Crippen LogP contribution in [-0.2, 0) is 19.5 Å². The maximum Gasteiger partial charge on any atom is 0.0690 e. The Morgan fingerprint density at radius 2 is 1.82 bits per heavy atom. The summed E-state index contributed by atoms with van der Waals surface area (Å²) in [6.45, 7) is 5.74. The molecule has 5 heteroatoms. The lowest BCUT2D eigenvalue weighted by molar-refractivity contribution is 0.654. The summed E-state index contributed by atoms with van der Waals surface area (Å²) in [7, 11) is 0. The van der Waals surface area contributed by atoms with Crippen molar-refractivity contribution in [1.29, 1.82) is 0 Å². The first kappa shape index (κ1) is 11.9. The van der Waals surface area contributed by atoms with Crippen molar-refractivity contribution < 1.29 is 0 Å². The maximum absolute atomic E-state index is 5.76. The SMILES string of the molecule is CCn1cc(Cn2cc(CC(C)N)cn2)cn1. The molecule has 5 nitrogen and oxygen atoms in total. The third-order valence-electron chi connectivity index (χ3n) is 2.60. The lowest BCUT2D eigenvalue weighted by atomic mass is 10.1. The molecule has 0 saturated carbocycles. The zero-order valence-electron chi connectivity index (χ0n) is 10.4. The zero-order chi connectivity index (χ0) is 12.3. The van der Waals surface area contributed by atoms with E-state index in [1.807, 2.05) is 41.1 Å². The molecule has 1 atom stereocenters. The van der Waals surface area contributed by atoms with Crippen LogP contribution in [0.5, 0.6) is 0 Å². The highest BCUT2D eigenvalue weighted by molar-refractivity contribution is 5.09. The fourth-order valence-electron chi connectivity index (χ4n) is 1.82. The molecule has 17 heavy (non-hydrogen) atoms. The van der Waals surface area contributed by atoms with Crippen molar-refractivity contribution in [2.24, 2.45) is 5.73 Å². The minimum atomic E-state index is 0.176. The van der Waals surface area contributed by atoms with Crippen LogP contribution < -0.4 is 5.73 Å². The number of aromatic nitrogens is 4. The van der Waals surface area contributed by atoms with E-state index in [2.05, 4.69) is 17.1 Å². The molecule has 0 aliphatic rings. The Morgan fingerprint density at radius 1 is 1.18 bits per heavy atom. The molecule has 0 spiro atoms. The molecular weight excluding hydrogens is 214 g/mol. The molecule has 0 radical (unpaired) electrons. The molecule has 0 aromatic carbocycles. The zero-order valence-corrected chi connectivity index (χ0v) is 10.4. The minimum Gasteiger partial charge on any atom is -0.328 e. The van der Waals surface area contributed by atoms with E-state index in [4.69, 9.17) is 5.73 Å². The van der Waals surface area contributed by atoms with Gasteiger partial charge in [0, 0.05) is 30.5 Å². The molecule has 0 fully saturated rings. The summed E-state index contributed by atoms with van der Waals surface area (Å²) in [5.74, 6) is 0. The van der Waals surface area contributed by atoms with Crippen LogP contribution in [0, 0.1) is 0 Å². The second-order valence-corrected chi connectivity index (χ2v) is 4.43. The Labute approximate surface area is 101 Å². The molecule has 2 aromatic heterocycles. The summed E-state index contributed by atoms with van der Waals surface area (Å²) >= 11 is 0. The Hall–Kier alpha value is -1.62. The van der Waals surface area contributed by atoms with Crippen molar-refractivity contribution in [1.82, 2.24) is 19.6 Å². The molecule has 0 aliphatic heterocycles. The number of rotatable bonds is 5. The normalized spacial score (nSPS) is 12.9. The van der Waals surface area contributed by atoms with Crippen molar-refractivity contribution in [3.8, 4) is 0 Å². The third kappa shape index (κ3) is 3.17. The van der Waals surface area contributed by atoms with Gasteiger partial charge in [-0.1, -0.05) is 0 Å². The number of nitrogens with zero attached hydrogens (tertiary/aromatic N) is 4. The van der Waals surface area contributed by atoms with Crippen molar-refractivity contribution in [3.63, 3.8) is 0 Å². The highest BCUT2D eigenvalue weighted by atomic mass is 15.3. The molecule has 0 saturated heterocycles. The van der Waals surface area contributed by atoms with E-state index in [9.17, 15) is 0 Å². The summed E-state index contributed by atoms with van der Waals surface area (Å²) in [4.78, 5) is 0. The van der Waals surface area contributed by atoms with Crippen molar-refractivity contribution >= 4 is 0 Å². The van der Waals surface area contributed by atoms with Crippen molar-refractivity contribution in [3.05, 3.63) is 35.9 Å². The molecule has 2 N–H and O–H groups in total. The fourth-order valence-corrected chi connectivity index (χ4v) is 1.82. The van der Waals surface area contributed by atoms with Crippen LogP contribution in [0.15, 0.2) is 24.8 Å². The van der Waals surface area contributed by atoms with E-state index < -0.39 is 0 Å². The first-order valence-electron chi connectivity index (χ1n) is 5.95. The van der Waals surface area contributed by atoms with Gasteiger partial charge in [0.25, 0.3) is 0 Å². The third-order valence-corrected chi connectivity index (χ3v) is 2.60. The van der Waals surface area contributed by atoms with Gasteiger partial charge in [-0.15, -0.1) is 0 Å². The van der Waals surface area contributed by atoms with Gasteiger partial charge in [0.1, 0.15) is 0 Å². The van der Waals surface area contributed by atoms with Gasteiger partial charge in [0.05, 0.1) is 18.9 Å². The van der Waals surface area contributed by atoms with Gasteiger partial charge in [-0.2, -0.15) is 10.2 Å². The Morgan fingerprint density at radius 3 is 2.47 bits per heavy atom. The van der Waals surface area contributed by atoms with Crippen molar-refractivity contribution in [2.75, 3.05) is 0 Å². The Kier molecular flexibility index (Phi) is 3.58. The summed E-state index contributed by atoms with van der Waals surface area (Å²) in [6.07, 6.45) is 8.73. The predicted octanol–water partition coefficient (Wildman–Crippen LogP) is 1.04. The second-order valence-electron chi connectivity index (χ2n) is 4.43. The van der Waals surface area contributed by atoms with E-state index in [1.54, 1.807) is 0 Å². The van der Waals surface area contributed by atoms with Crippen LogP contribution in [0.1, 0.15) is 25.0 Å². The number of nitrogens with two attached hydrogens (primary N) is 1. The summed E-state index contributed by atoms with van der Waals surface area (Å²) in [5.41, 5.74) is 8.11. The van der Waals surface area contributed by atoms with Crippen LogP contribution in [-0.4, -0.2) is 25.6 Å². The molecule has 1 unspecified atom stereocenters. The highest BCUT2D eigenvalue weighted by Gasteiger charge is 2.03. The van der Waals surface area contributed by atoms with Crippen LogP contribution in [0.3, 0.4) is 0 Å². The lowest BCUT2D eigenvalue weighted by Gasteiger charge is -2.00. The van der Waals surface area contributed by atoms with E-state index in [0.717, 1.165) is 19.5 Å². The smallest absolute Gasteiger partial charge is 0.0690 e. The monoisotopic (exact) mass is 233 g/mol. The first-order valence-corrected chi connectivity index (χ1v) is 5.95. The van der Waals surface area contributed by atoms with E-state index >= 15 is 0 Å². The molecule has 0 amide bonds. The molecule has 2 heterocycles. The molecule has 2 aromatic rings. The van der Waals surface area contributed by atoms with Crippen LogP contribution >= 0.6 is 0 Å². The van der Waals surface area contributed by atoms with Crippen LogP contribution in [0.4, 0.5) is 0 Å². The average molecular weight is 233 g/mol. The van der Waals surface area contributed by atoms with Gasteiger partial charge in [-0.3, -0.25) is 9.36 Å². The summed E-state index contributed by atoms with van der Waals surface area (Å²) < 4.78 is 3.84. The van der Waals surface area contributed by atoms with Gasteiger partial charge >= 0.3 is 0 Å². The molecule has 0 aliphatic carbocycles. The molecule has 92 valence electrons. The minimum absolute atomic E-state index is 0.176. The summed E-state index contributed by atoms with van der Waals surface area (Å²) in [6, 6.07) is 0.176. The van der Waals surface area contributed by atoms with Gasteiger partial charge in [0.2, 0.25) is 0 Å². The summed E-state index contributed by atoms with van der Waals surface area (Å²) in [5, 5.41) is 8.57. The van der Waals surface area contributed by atoms with Gasteiger partial charge < -0.3 is 5.73 Å². The Bertz CT molecular complexity index is 469. The van der Waals surface area contributed by atoms with Gasteiger partial charge in [-0.25, -0.2) is 0 Å².